The van der Waals surface area contributed by atoms with Crippen LogP contribution in [0.5, 0.6) is 0 Å². The molecule has 0 aliphatic carbocycles. The molecule has 0 heterocycles. The first-order valence-electron chi connectivity index (χ1n) is 12.0. The van der Waals surface area contributed by atoms with Gasteiger partial charge in [-0.15, -0.1) is 0 Å². The Balaban J connectivity index is 2.12. The van der Waals surface area contributed by atoms with Gasteiger partial charge in [0.1, 0.15) is 12.6 Å². The SMILES string of the molecule is CCOC(=O)/C=C/C(=O)[C@H](CC(C)C)NC(=O)[C@H](Cc1ccccc1)NC(=O)OCc1ccccc1. The summed E-state index contributed by atoms with van der Waals surface area (Å²) in [4.78, 5) is 50.1. The Bertz CT molecular complexity index is 1020. The van der Waals surface area contributed by atoms with Crippen LogP contribution in [0.2, 0.25) is 0 Å². The lowest BCUT2D eigenvalue weighted by Gasteiger charge is -2.23. The fraction of sp³-hybridized carbons (Fsp3) is 0.357. The van der Waals surface area contributed by atoms with Gasteiger partial charge in [-0.1, -0.05) is 74.5 Å². The van der Waals surface area contributed by atoms with E-state index in [2.05, 4.69) is 10.6 Å². The molecule has 0 spiro atoms. The van der Waals surface area contributed by atoms with Gasteiger partial charge in [-0.05, 0) is 36.5 Å². The molecule has 8 heteroatoms. The number of nitrogens with one attached hydrogen (secondary N) is 2. The molecule has 2 atom stereocenters. The number of benzene rings is 2. The van der Waals surface area contributed by atoms with E-state index < -0.39 is 35.8 Å². The number of carbonyl (C=O) groups is 4. The quantitative estimate of drug-likeness (QED) is 0.324. The predicted octanol–water partition coefficient (Wildman–Crippen LogP) is 3.74. The van der Waals surface area contributed by atoms with E-state index in [0.717, 1.165) is 23.3 Å². The van der Waals surface area contributed by atoms with Gasteiger partial charge in [0.05, 0.1) is 12.6 Å². The summed E-state index contributed by atoms with van der Waals surface area (Å²) in [6, 6.07) is 16.6. The topological polar surface area (TPSA) is 111 Å². The molecule has 2 N–H and O–H groups in total. The number of rotatable bonds is 13. The number of ketones is 1. The Morgan fingerprint density at radius 2 is 1.42 bits per heavy atom. The van der Waals surface area contributed by atoms with Crippen LogP contribution < -0.4 is 10.6 Å². The fourth-order valence-corrected chi connectivity index (χ4v) is 3.41. The molecule has 0 fully saturated rings. The van der Waals surface area contributed by atoms with Crippen molar-refractivity contribution in [2.75, 3.05) is 6.61 Å². The van der Waals surface area contributed by atoms with Crippen molar-refractivity contribution in [3.05, 3.63) is 83.9 Å². The summed E-state index contributed by atoms with van der Waals surface area (Å²) >= 11 is 0. The second-order valence-electron chi connectivity index (χ2n) is 8.63. The first kappa shape index (κ1) is 28.3. The van der Waals surface area contributed by atoms with Crippen LogP contribution in [-0.4, -0.2) is 42.4 Å². The van der Waals surface area contributed by atoms with E-state index in [9.17, 15) is 19.2 Å². The average molecular weight is 495 g/mol. The zero-order valence-corrected chi connectivity index (χ0v) is 20.9. The second kappa shape index (κ2) is 15.1. The minimum atomic E-state index is -0.979. The van der Waals surface area contributed by atoms with Crippen molar-refractivity contribution >= 4 is 23.8 Å². The molecule has 0 aliphatic rings. The smallest absolute Gasteiger partial charge is 0.408 e. The molecular weight excluding hydrogens is 460 g/mol. The van der Waals surface area contributed by atoms with Crippen molar-refractivity contribution < 1.29 is 28.7 Å². The zero-order chi connectivity index (χ0) is 26.3. The van der Waals surface area contributed by atoms with Gasteiger partial charge >= 0.3 is 12.1 Å². The number of amides is 2. The van der Waals surface area contributed by atoms with Crippen molar-refractivity contribution in [2.45, 2.75) is 52.3 Å². The minimum absolute atomic E-state index is 0.0550. The average Bonchev–Trinajstić information content (AvgIpc) is 2.86. The molecule has 0 radical (unpaired) electrons. The van der Waals surface area contributed by atoms with E-state index >= 15 is 0 Å². The maximum Gasteiger partial charge on any atom is 0.408 e. The number of ether oxygens (including phenoxy) is 2. The van der Waals surface area contributed by atoms with Gasteiger partial charge in [-0.2, -0.15) is 0 Å². The van der Waals surface area contributed by atoms with Crippen LogP contribution in [0.3, 0.4) is 0 Å². The molecule has 0 bridgehead atoms. The van der Waals surface area contributed by atoms with E-state index in [1.165, 1.54) is 0 Å². The Kier molecular flexibility index (Phi) is 11.9. The summed E-state index contributed by atoms with van der Waals surface area (Å²) in [6.07, 6.45) is 1.97. The molecule has 2 rings (SSSR count). The van der Waals surface area contributed by atoms with Gasteiger partial charge in [-0.3, -0.25) is 9.59 Å². The van der Waals surface area contributed by atoms with E-state index in [1.54, 1.807) is 6.92 Å². The Morgan fingerprint density at radius 3 is 2.00 bits per heavy atom. The highest BCUT2D eigenvalue weighted by Gasteiger charge is 2.27. The fourth-order valence-electron chi connectivity index (χ4n) is 3.41. The monoisotopic (exact) mass is 494 g/mol. The molecule has 0 unspecified atom stereocenters. The molecule has 0 aromatic heterocycles. The molecular formula is C28H34N2O6. The summed E-state index contributed by atoms with van der Waals surface area (Å²) in [5.74, 6) is -1.51. The first-order chi connectivity index (χ1) is 17.3. The van der Waals surface area contributed by atoms with Crippen molar-refractivity contribution in [3.63, 3.8) is 0 Å². The third-order valence-electron chi connectivity index (χ3n) is 5.14. The van der Waals surface area contributed by atoms with Gasteiger partial charge in [0.2, 0.25) is 5.91 Å². The van der Waals surface area contributed by atoms with Crippen LogP contribution in [0.4, 0.5) is 4.79 Å². The molecule has 2 aromatic rings. The van der Waals surface area contributed by atoms with Gasteiger partial charge in [0.15, 0.2) is 5.78 Å². The van der Waals surface area contributed by atoms with Gasteiger partial charge < -0.3 is 20.1 Å². The Labute approximate surface area is 212 Å². The summed E-state index contributed by atoms with van der Waals surface area (Å²) in [5, 5.41) is 5.36. The summed E-state index contributed by atoms with van der Waals surface area (Å²) < 4.78 is 10.1. The maximum absolute atomic E-state index is 13.2. The van der Waals surface area contributed by atoms with Crippen molar-refractivity contribution in [1.82, 2.24) is 10.6 Å². The van der Waals surface area contributed by atoms with Crippen LogP contribution in [0, 0.1) is 5.92 Å². The summed E-state index contributed by atoms with van der Waals surface area (Å²) in [7, 11) is 0. The standard InChI is InChI=1S/C28H34N2O6/c1-4-35-26(32)16-15-25(31)23(17-20(2)3)29-27(33)24(18-21-11-7-5-8-12-21)30-28(34)36-19-22-13-9-6-10-14-22/h5-16,20,23-24H,4,17-19H2,1-3H3,(H,29,33)(H,30,34)/b16-15+/t23-,24-/m0/s1. The molecule has 2 amide bonds. The molecule has 36 heavy (non-hydrogen) atoms. The summed E-state index contributed by atoms with van der Waals surface area (Å²) in [5.41, 5.74) is 1.64. The largest absolute Gasteiger partial charge is 0.463 e. The highest BCUT2D eigenvalue weighted by Crippen LogP contribution is 2.10. The number of hydrogen-bond donors (Lipinski definition) is 2. The van der Waals surface area contributed by atoms with Crippen molar-refractivity contribution in [3.8, 4) is 0 Å². The lowest BCUT2D eigenvalue weighted by Crippen LogP contribution is -2.52. The van der Waals surface area contributed by atoms with Gasteiger partial charge in [0.25, 0.3) is 0 Å². The van der Waals surface area contributed by atoms with Crippen LogP contribution in [0.25, 0.3) is 0 Å². The minimum Gasteiger partial charge on any atom is -0.463 e. The molecule has 0 aliphatic heterocycles. The number of esters is 1. The highest BCUT2D eigenvalue weighted by atomic mass is 16.5. The third-order valence-corrected chi connectivity index (χ3v) is 5.14. The molecule has 2 aromatic carbocycles. The lowest BCUT2D eigenvalue weighted by molar-refractivity contribution is -0.137. The zero-order valence-electron chi connectivity index (χ0n) is 20.9. The lowest BCUT2D eigenvalue weighted by atomic mass is 9.98. The van der Waals surface area contributed by atoms with E-state index in [0.29, 0.717) is 6.42 Å². The molecule has 8 nitrogen and oxygen atoms in total. The van der Waals surface area contributed by atoms with E-state index in [-0.39, 0.29) is 25.6 Å². The highest BCUT2D eigenvalue weighted by molar-refractivity contribution is 6.01. The normalized spacial score (nSPS) is 12.6. The van der Waals surface area contributed by atoms with Crippen LogP contribution in [-0.2, 0) is 36.9 Å². The van der Waals surface area contributed by atoms with Gasteiger partial charge in [-0.25, -0.2) is 9.59 Å². The maximum atomic E-state index is 13.2. The van der Waals surface area contributed by atoms with Crippen LogP contribution >= 0.6 is 0 Å². The first-order valence-corrected chi connectivity index (χ1v) is 12.0. The number of alkyl carbamates (subject to hydrolysis) is 1. The van der Waals surface area contributed by atoms with Crippen molar-refractivity contribution in [2.24, 2.45) is 5.92 Å². The second-order valence-corrected chi connectivity index (χ2v) is 8.63. The van der Waals surface area contributed by atoms with Crippen molar-refractivity contribution in [1.29, 1.82) is 0 Å². The Morgan fingerprint density at radius 1 is 0.806 bits per heavy atom. The number of hydrogen-bond acceptors (Lipinski definition) is 6. The number of carbonyl (C=O) groups excluding carboxylic acids is 4. The van der Waals surface area contributed by atoms with E-state index in [1.807, 2.05) is 74.5 Å². The molecule has 192 valence electrons. The molecule has 0 saturated carbocycles. The van der Waals surface area contributed by atoms with Crippen LogP contribution in [0.1, 0.15) is 38.3 Å². The Hall–Kier alpha value is -3.94. The van der Waals surface area contributed by atoms with E-state index in [4.69, 9.17) is 9.47 Å². The van der Waals surface area contributed by atoms with Gasteiger partial charge in [0, 0.05) is 12.5 Å². The predicted molar refractivity (Wildman–Crippen MR) is 136 cm³/mol. The van der Waals surface area contributed by atoms with Crippen LogP contribution in [0.15, 0.2) is 72.8 Å². The molecule has 0 saturated heterocycles. The summed E-state index contributed by atoms with van der Waals surface area (Å²) in [6.45, 7) is 5.75. The third kappa shape index (κ3) is 10.5.